The molecule has 2 atom stereocenters. The smallest absolute Gasteiger partial charge is 0.138 e. The lowest BCUT2D eigenvalue weighted by Gasteiger charge is -2.31. The number of hydrogen-bond donors (Lipinski definition) is 0. The van der Waals surface area contributed by atoms with Crippen LogP contribution in [0.25, 0.3) is 0 Å². The summed E-state index contributed by atoms with van der Waals surface area (Å²) in [6.45, 7) is 5.08. The third-order valence-electron chi connectivity index (χ3n) is 6.23. The number of rotatable bonds is 11. The highest BCUT2D eigenvalue weighted by atomic mass is 16.5. The largest absolute Gasteiger partial charge is 0.492 e. The predicted octanol–water partition coefficient (Wildman–Crippen LogP) is 6.93. The molecule has 0 aliphatic heterocycles. The fourth-order valence-electron chi connectivity index (χ4n) is 4.70. The van der Waals surface area contributed by atoms with Crippen LogP contribution < -0.4 is 4.74 Å². The van der Waals surface area contributed by atoms with Gasteiger partial charge in [-0.1, -0.05) is 71.3 Å². The zero-order valence-electron chi connectivity index (χ0n) is 17.8. The molecule has 1 aromatic rings. The molecule has 0 aromatic heterocycles. The maximum atomic E-state index is 9.60. The number of benzene rings is 1. The Morgan fingerprint density at radius 2 is 1.61 bits per heavy atom. The van der Waals surface area contributed by atoms with Gasteiger partial charge in [0.15, 0.2) is 0 Å². The van der Waals surface area contributed by atoms with Crippen LogP contribution in [-0.2, 0) is 6.42 Å². The van der Waals surface area contributed by atoms with Crippen LogP contribution in [0.15, 0.2) is 12.1 Å². The van der Waals surface area contributed by atoms with E-state index in [-0.39, 0.29) is 0 Å². The fourth-order valence-corrected chi connectivity index (χ4v) is 4.70. The molecular formula is C25H36N2O. The molecule has 1 fully saturated rings. The van der Waals surface area contributed by atoms with E-state index in [2.05, 4.69) is 26.0 Å². The van der Waals surface area contributed by atoms with E-state index in [1.54, 1.807) is 0 Å². The summed E-state index contributed by atoms with van der Waals surface area (Å²) in [4.78, 5) is 0. The molecular weight excluding hydrogens is 344 g/mol. The Hall–Kier alpha value is -2.00. The summed E-state index contributed by atoms with van der Waals surface area (Å²) in [6, 6.07) is 8.32. The van der Waals surface area contributed by atoms with Gasteiger partial charge in [-0.05, 0) is 49.1 Å². The second kappa shape index (κ2) is 12.5. The Morgan fingerprint density at radius 3 is 2.25 bits per heavy atom. The second-order valence-corrected chi connectivity index (χ2v) is 8.24. The molecule has 0 amide bonds. The van der Waals surface area contributed by atoms with Crippen molar-refractivity contribution in [1.82, 2.24) is 0 Å². The van der Waals surface area contributed by atoms with Crippen molar-refractivity contribution in [3.05, 3.63) is 28.8 Å². The number of ether oxygens (including phenoxy) is 1. The Kier molecular flexibility index (Phi) is 9.92. The Morgan fingerprint density at radius 1 is 0.893 bits per heavy atom. The van der Waals surface area contributed by atoms with Crippen molar-refractivity contribution in [2.24, 2.45) is 11.8 Å². The first kappa shape index (κ1) is 22.3. The molecule has 0 bridgehead atoms. The van der Waals surface area contributed by atoms with Crippen molar-refractivity contribution in [1.29, 1.82) is 10.5 Å². The average Bonchev–Trinajstić information content (AvgIpc) is 2.72. The van der Waals surface area contributed by atoms with E-state index in [1.165, 1.54) is 44.9 Å². The van der Waals surface area contributed by atoms with Crippen LogP contribution in [-0.4, -0.2) is 6.61 Å². The van der Waals surface area contributed by atoms with Gasteiger partial charge in [0.2, 0.25) is 0 Å². The van der Waals surface area contributed by atoms with Crippen LogP contribution in [0.1, 0.15) is 101 Å². The summed E-state index contributed by atoms with van der Waals surface area (Å²) in [5.74, 6) is 2.30. The Bertz CT molecular complexity index is 681. The van der Waals surface area contributed by atoms with Crippen LogP contribution in [0.2, 0.25) is 0 Å². The van der Waals surface area contributed by atoms with E-state index in [4.69, 9.17) is 4.74 Å². The molecule has 1 aromatic carbocycles. The highest BCUT2D eigenvalue weighted by molar-refractivity contribution is 5.57. The predicted molar refractivity (Wildman–Crippen MR) is 114 cm³/mol. The van der Waals surface area contributed by atoms with E-state index in [0.29, 0.717) is 23.5 Å². The molecule has 1 saturated carbocycles. The standard InChI is InChI=1S/C25H36N2O/c1-3-5-6-13-22-15-16-25(24(19-27)23(22)18-26)28-17-9-14-21-12-8-7-11-20(21)10-4-2/h15-16,20-21H,3-14,17H2,1-2H3. The van der Waals surface area contributed by atoms with Crippen molar-refractivity contribution in [3.8, 4) is 17.9 Å². The van der Waals surface area contributed by atoms with Gasteiger partial charge in [-0.2, -0.15) is 10.5 Å². The van der Waals surface area contributed by atoms with Gasteiger partial charge in [-0.15, -0.1) is 0 Å². The summed E-state index contributed by atoms with van der Waals surface area (Å²) < 4.78 is 5.96. The van der Waals surface area contributed by atoms with Crippen LogP contribution in [0.3, 0.4) is 0 Å². The van der Waals surface area contributed by atoms with Gasteiger partial charge < -0.3 is 4.74 Å². The molecule has 28 heavy (non-hydrogen) atoms. The third-order valence-corrected chi connectivity index (χ3v) is 6.23. The van der Waals surface area contributed by atoms with Gasteiger partial charge >= 0.3 is 0 Å². The normalized spacial score (nSPS) is 19.0. The van der Waals surface area contributed by atoms with Gasteiger partial charge in [-0.25, -0.2) is 0 Å². The average molecular weight is 381 g/mol. The number of unbranched alkanes of at least 4 members (excludes halogenated alkanes) is 2. The second-order valence-electron chi connectivity index (χ2n) is 8.24. The highest BCUT2D eigenvalue weighted by Crippen LogP contribution is 2.36. The van der Waals surface area contributed by atoms with Gasteiger partial charge in [0.25, 0.3) is 0 Å². The minimum atomic E-state index is 0.415. The maximum Gasteiger partial charge on any atom is 0.138 e. The first-order valence-electron chi connectivity index (χ1n) is 11.3. The van der Waals surface area contributed by atoms with Gasteiger partial charge in [0, 0.05) is 0 Å². The zero-order valence-corrected chi connectivity index (χ0v) is 17.8. The summed E-state index contributed by atoms with van der Waals surface area (Å²) in [5.41, 5.74) is 1.90. The molecule has 1 aliphatic rings. The molecule has 0 saturated heterocycles. The van der Waals surface area contributed by atoms with E-state index >= 15 is 0 Å². The lowest BCUT2D eigenvalue weighted by atomic mass is 9.75. The van der Waals surface area contributed by atoms with Crippen molar-refractivity contribution < 1.29 is 4.74 Å². The monoisotopic (exact) mass is 380 g/mol. The zero-order chi connectivity index (χ0) is 20.2. The molecule has 0 N–H and O–H groups in total. The maximum absolute atomic E-state index is 9.60. The number of nitrogens with zero attached hydrogens (tertiary/aromatic N) is 2. The molecule has 152 valence electrons. The fraction of sp³-hybridized carbons (Fsp3) is 0.680. The van der Waals surface area contributed by atoms with Gasteiger partial charge in [-0.3, -0.25) is 0 Å². The summed E-state index contributed by atoms with van der Waals surface area (Å²) in [7, 11) is 0. The molecule has 0 heterocycles. The van der Waals surface area contributed by atoms with Crippen LogP contribution in [0, 0.1) is 34.5 Å². The van der Waals surface area contributed by atoms with Crippen molar-refractivity contribution >= 4 is 0 Å². The molecule has 3 heteroatoms. The van der Waals surface area contributed by atoms with E-state index in [0.717, 1.165) is 49.5 Å². The SMILES string of the molecule is CCCCCc1ccc(OCCCC2CCCCC2CCC)c(C#N)c1C#N. The number of nitriles is 2. The van der Waals surface area contributed by atoms with E-state index in [9.17, 15) is 10.5 Å². The number of hydrogen-bond acceptors (Lipinski definition) is 3. The Balaban J connectivity index is 1.93. The highest BCUT2D eigenvalue weighted by Gasteiger charge is 2.24. The topological polar surface area (TPSA) is 56.8 Å². The van der Waals surface area contributed by atoms with Gasteiger partial charge in [0.1, 0.15) is 23.5 Å². The molecule has 1 aliphatic carbocycles. The van der Waals surface area contributed by atoms with Crippen LogP contribution in [0.4, 0.5) is 0 Å². The van der Waals surface area contributed by atoms with Crippen LogP contribution in [0.5, 0.6) is 5.75 Å². The van der Waals surface area contributed by atoms with Crippen molar-refractivity contribution in [3.63, 3.8) is 0 Å². The van der Waals surface area contributed by atoms with Crippen LogP contribution >= 0.6 is 0 Å². The summed E-state index contributed by atoms with van der Waals surface area (Å²) in [6.07, 6.45) is 14.6. The summed E-state index contributed by atoms with van der Waals surface area (Å²) in [5, 5.41) is 19.2. The quantitative estimate of drug-likeness (QED) is 0.391. The molecule has 2 unspecified atom stereocenters. The molecule has 3 nitrogen and oxygen atoms in total. The summed E-state index contributed by atoms with van der Waals surface area (Å²) >= 11 is 0. The molecule has 0 spiro atoms. The number of aryl methyl sites for hydroxylation is 1. The lowest BCUT2D eigenvalue weighted by Crippen LogP contribution is -2.20. The van der Waals surface area contributed by atoms with Gasteiger partial charge in [0.05, 0.1) is 12.2 Å². The van der Waals surface area contributed by atoms with Crippen molar-refractivity contribution in [2.45, 2.75) is 90.9 Å². The van der Waals surface area contributed by atoms with E-state index in [1.807, 2.05) is 12.1 Å². The minimum absolute atomic E-state index is 0.415. The lowest BCUT2D eigenvalue weighted by molar-refractivity contribution is 0.193. The van der Waals surface area contributed by atoms with E-state index < -0.39 is 0 Å². The Labute approximate surface area is 171 Å². The minimum Gasteiger partial charge on any atom is -0.492 e. The molecule has 0 radical (unpaired) electrons. The third kappa shape index (κ3) is 6.27. The van der Waals surface area contributed by atoms with Crippen molar-refractivity contribution in [2.75, 3.05) is 6.61 Å². The molecule has 2 rings (SSSR count). The first-order chi connectivity index (χ1) is 13.7. The first-order valence-corrected chi connectivity index (χ1v) is 11.3.